The van der Waals surface area contributed by atoms with Gasteiger partial charge >= 0.3 is 21.1 Å². The van der Waals surface area contributed by atoms with Crippen LogP contribution < -0.4 is 5.46 Å². The van der Waals surface area contributed by atoms with Crippen molar-refractivity contribution in [1.29, 1.82) is 0 Å². The molecule has 3 fully saturated rings. The van der Waals surface area contributed by atoms with Gasteiger partial charge in [0.25, 0.3) is 0 Å². The summed E-state index contributed by atoms with van der Waals surface area (Å²) in [6.07, 6.45) is 0. The molecule has 6 nitrogen and oxygen atoms in total. The Bertz CT molecular complexity index is 4950. The molecule has 0 aromatic heterocycles. The highest BCUT2D eigenvalue weighted by atomic mass is 16.7. The maximum absolute atomic E-state index is 6.60. The molecule has 0 bridgehead atoms. The van der Waals surface area contributed by atoms with Crippen LogP contribution in [0.1, 0.15) is 139 Å². The van der Waals surface area contributed by atoms with Crippen LogP contribution in [0.4, 0.5) is 0 Å². The van der Waals surface area contributed by atoms with E-state index in [-0.39, 0.29) is 33.2 Å². The lowest BCUT2D eigenvalue weighted by atomic mass is 9.49. The fourth-order valence-electron chi connectivity index (χ4n) is 15.3. The van der Waals surface area contributed by atoms with Gasteiger partial charge in [-0.2, -0.15) is 0 Å². The standard InChI is InChI=1S/C37H33BO2.C32H24.C12H24B2O4/c1-35(2)31-20-29-25-16-10-8-14-23(25)22-13-7-9-15-24(22)28(29)19-30(31)34-27-18-12-11-17-26(27)33(21-32(34)35)38-39-36(3,4)37(5,6)40-38;1-19-16-30-31(25-15-9-4-10-20(19)25)28-17-26-23-13-7-5-11-21(23)22-12-6-8-14-24(22)27(26)18-29(28)32(30,2)3;1-9(2)10(3,4)16-13(15-9)14-17-11(5,6)12(7,8)18-14/h7-21H,1-6H3;4-18H,1-3H3;1-8H3. The highest BCUT2D eigenvalue weighted by Crippen LogP contribution is 2.56. The minimum Gasteiger partial charge on any atom is -0.405 e. The zero-order valence-electron chi connectivity index (χ0n) is 55.5. The first-order chi connectivity index (χ1) is 42.5. The molecule has 0 amide bonds. The number of fused-ring (bicyclic) bond motifs is 22. The first-order valence-electron chi connectivity index (χ1n) is 32.4. The Hall–Kier alpha value is -7.33. The highest BCUT2D eigenvalue weighted by molar-refractivity contribution is 7.11. The van der Waals surface area contributed by atoms with Gasteiger partial charge in [0.1, 0.15) is 0 Å². The predicted molar refractivity (Wildman–Crippen MR) is 381 cm³/mol. The second-order valence-corrected chi connectivity index (χ2v) is 30.3. The minimum atomic E-state index is -0.476. The van der Waals surface area contributed by atoms with Crippen molar-refractivity contribution in [3.63, 3.8) is 0 Å². The molecule has 12 aromatic carbocycles. The van der Waals surface area contributed by atoms with Gasteiger partial charge in [0, 0.05) is 10.8 Å². The van der Waals surface area contributed by atoms with E-state index in [4.69, 9.17) is 27.9 Å². The van der Waals surface area contributed by atoms with Gasteiger partial charge in [-0.3, -0.25) is 0 Å². The van der Waals surface area contributed by atoms with Crippen LogP contribution in [-0.2, 0) is 38.8 Å². The molecular formula is C81H81B3O6. The average Bonchev–Trinajstić information content (AvgIpc) is 1.49. The summed E-state index contributed by atoms with van der Waals surface area (Å²) in [4.78, 5) is 0. The molecule has 9 heteroatoms. The summed E-state index contributed by atoms with van der Waals surface area (Å²) in [5.74, 6) is 0. The Morgan fingerprint density at radius 2 is 0.500 bits per heavy atom. The number of rotatable bonds is 2. The monoisotopic (exact) mass is 1180 g/mol. The van der Waals surface area contributed by atoms with E-state index in [0.717, 1.165) is 5.46 Å². The van der Waals surface area contributed by atoms with Crippen molar-refractivity contribution in [1.82, 2.24) is 0 Å². The van der Waals surface area contributed by atoms with Crippen LogP contribution in [0.2, 0.25) is 0 Å². The van der Waals surface area contributed by atoms with Crippen molar-refractivity contribution in [3.8, 4) is 22.3 Å². The van der Waals surface area contributed by atoms with Crippen molar-refractivity contribution in [3.05, 3.63) is 210 Å². The molecule has 450 valence electrons. The second-order valence-electron chi connectivity index (χ2n) is 30.3. The molecule has 5 aliphatic rings. The topological polar surface area (TPSA) is 55.4 Å². The lowest BCUT2D eigenvalue weighted by Crippen LogP contribution is -2.41. The number of aryl methyl sites for hydroxylation is 1. The molecule has 2 aliphatic carbocycles. The number of hydrogen-bond acceptors (Lipinski definition) is 6. The molecule has 0 N–H and O–H groups in total. The first kappa shape index (κ1) is 59.0. The summed E-state index contributed by atoms with van der Waals surface area (Å²) >= 11 is 0. The Balaban J connectivity index is 0.000000121. The van der Waals surface area contributed by atoms with Crippen LogP contribution in [0.15, 0.2) is 182 Å². The summed E-state index contributed by atoms with van der Waals surface area (Å²) in [5, 5.41) is 21.2. The van der Waals surface area contributed by atoms with Crippen LogP contribution >= 0.6 is 0 Å². The molecule has 0 atom stereocenters. The van der Waals surface area contributed by atoms with Gasteiger partial charge < -0.3 is 27.9 Å². The fourth-order valence-corrected chi connectivity index (χ4v) is 15.3. The van der Waals surface area contributed by atoms with E-state index in [2.05, 4.69) is 244 Å². The van der Waals surface area contributed by atoms with E-state index in [9.17, 15) is 0 Å². The van der Waals surface area contributed by atoms with Gasteiger partial charge in [0.2, 0.25) is 0 Å². The zero-order valence-corrected chi connectivity index (χ0v) is 55.5. The molecule has 90 heavy (non-hydrogen) atoms. The molecule has 0 unspecified atom stereocenters. The van der Waals surface area contributed by atoms with Crippen LogP contribution in [-0.4, -0.2) is 54.7 Å². The molecule has 3 heterocycles. The van der Waals surface area contributed by atoms with Crippen molar-refractivity contribution >= 4 is 113 Å². The largest absolute Gasteiger partial charge is 0.495 e. The van der Waals surface area contributed by atoms with Crippen LogP contribution in [0.3, 0.4) is 0 Å². The molecule has 12 aromatic rings. The van der Waals surface area contributed by atoms with Crippen molar-refractivity contribution in [2.75, 3.05) is 0 Å². The van der Waals surface area contributed by atoms with Crippen molar-refractivity contribution < 1.29 is 27.9 Å². The highest BCUT2D eigenvalue weighted by Gasteiger charge is 2.64. The summed E-state index contributed by atoms with van der Waals surface area (Å²) in [6.45, 7) is 36.5. The maximum Gasteiger partial charge on any atom is 0.495 e. The second kappa shape index (κ2) is 19.8. The molecule has 17 rings (SSSR count). The normalized spacial score (nSPS) is 19.8. The maximum atomic E-state index is 6.60. The molecule has 0 spiro atoms. The Labute approximate surface area is 532 Å². The Morgan fingerprint density at radius 1 is 0.244 bits per heavy atom. The van der Waals surface area contributed by atoms with Gasteiger partial charge in [0.05, 0.1) is 33.6 Å². The summed E-state index contributed by atoms with van der Waals surface area (Å²) in [6, 6.07) is 67.8. The quantitative estimate of drug-likeness (QED) is 0.127. The van der Waals surface area contributed by atoms with Gasteiger partial charge in [-0.1, -0.05) is 185 Å². The van der Waals surface area contributed by atoms with Crippen molar-refractivity contribution in [2.45, 2.75) is 162 Å². The third-order valence-electron chi connectivity index (χ3n) is 22.6. The number of benzene rings is 12. The van der Waals surface area contributed by atoms with E-state index in [0.29, 0.717) is 0 Å². The van der Waals surface area contributed by atoms with Crippen LogP contribution in [0.25, 0.3) is 108 Å². The van der Waals surface area contributed by atoms with Gasteiger partial charge in [0.15, 0.2) is 0 Å². The van der Waals surface area contributed by atoms with E-state index in [1.165, 1.54) is 136 Å². The van der Waals surface area contributed by atoms with E-state index < -0.39 is 32.3 Å². The SMILES string of the molecule is CC1(C)OB(B2OC(C)(C)C(C)(C)O2)OC1(C)C.CC1(C)c2cc3c4ccccc4c4ccccc4c3cc2-c2c1cc(B1OC(C)(C)C(C)(C)O1)c1ccccc21.Cc1cc2c(c3ccccc13)-c1cc3c4ccccc4c4ccccc4c3cc1C2(C)C. The van der Waals surface area contributed by atoms with Gasteiger partial charge in [-0.05, 0) is 256 Å². The van der Waals surface area contributed by atoms with Crippen molar-refractivity contribution in [2.24, 2.45) is 0 Å². The predicted octanol–water partition coefficient (Wildman–Crippen LogP) is 20.1. The van der Waals surface area contributed by atoms with Gasteiger partial charge in [-0.15, -0.1) is 0 Å². The molecule has 0 radical (unpaired) electrons. The van der Waals surface area contributed by atoms with E-state index in [1.807, 2.05) is 55.4 Å². The first-order valence-corrected chi connectivity index (χ1v) is 32.4. The molecular weight excluding hydrogens is 1100 g/mol. The zero-order chi connectivity index (χ0) is 63.2. The average molecular weight is 1180 g/mol. The minimum absolute atomic E-state index is 0.0274. The fraction of sp³-hybridized carbons (Fsp3) is 0.309. The summed E-state index contributed by atoms with van der Waals surface area (Å²) in [5.41, 5.74) is 11.2. The van der Waals surface area contributed by atoms with Crippen LogP contribution in [0, 0.1) is 6.92 Å². The third kappa shape index (κ3) is 8.62. The molecule has 3 aliphatic heterocycles. The molecule has 0 saturated carbocycles. The van der Waals surface area contributed by atoms with Crippen LogP contribution in [0.5, 0.6) is 0 Å². The molecule has 3 saturated heterocycles. The Kier molecular flexibility index (Phi) is 13.0. The Morgan fingerprint density at radius 3 is 0.844 bits per heavy atom. The third-order valence-corrected chi connectivity index (χ3v) is 22.6. The smallest absolute Gasteiger partial charge is 0.405 e. The summed E-state index contributed by atoms with van der Waals surface area (Å²) in [7, 11) is -1.36. The van der Waals surface area contributed by atoms with E-state index in [1.54, 1.807) is 0 Å². The lowest BCUT2D eigenvalue weighted by Gasteiger charge is -2.32. The van der Waals surface area contributed by atoms with Gasteiger partial charge in [-0.25, -0.2) is 0 Å². The lowest BCUT2D eigenvalue weighted by molar-refractivity contribution is 0.00578. The van der Waals surface area contributed by atoms with E-state index >= 15 is 0 Å². The summed E-state index contributed by atoms with van der Waals surface area (Å²) < 4.78 is 37.1. The number of hydrogen-bond donors (Lipinski definition) is 0.